The van der Waals surface area contributed by atoms with Gasteiger partial charge in [-0.25, -0.2) is 4.98 Å². The molecule has 0 aliphatic heterocycles. The first kappa shape index (κ1) is 14.9. The van der Waals surface area contributed by atoms with Crippen molar-refractivity contribution in [2.75, 3.05) is 11.9 Å². The third-order valence-corrected chi connectivity index (χ3v) is 5.12. The number of thiophene rings is 1. The monoisotopic (exact) mass is 335 g/mol. The van der Waals surface area contributed by atoms with E-state index in [4.69, 9.17) is 0 Å². The van der Waals surface area contributed by atoms with Crippen molar-refractivity contribution in [2.45, 2.75) is 12.5 Å². The Bertz CT molecular complexity index is 786. The van der Waals surface area contributed by atoms with Crippen molar-refractivity contribution in [1.29, 1.82) is 0 Å². The van der Waals surface area contributed by atoms with Gasteiger partial charge in [-0.3, -0.25) is 10.1 Å². The van der Waals surface area contributed by atoms with Gasteiger partial charge in [-0.1, -0.05) is 17.4 Å². The minimum atomic E-state index is -0.410. The molecule has 3 rings (SSSR count). The van der Waals surface area contributed by atoms with Crippen LogP contribution in [0.3, 0.4) is 0 Å². The smallest absolute Gasteiger partial charge is 0.270 e. The molecule has 6 nitrogen and oxygen atoms in total. The number of nitrogens with one attached hydrogen (secondary N) is 1. The Morgan fingerprint density at radius 3 is 2.95 bits per heavy atom. The summed E-state index contributed by atoms with van der Waals surface area (Å²) in [4.78, 5) is 16.0. The predicted molar refractivity (Wildman–Crippen MR) is 88.7 cm³/mol. The van der Waals surface area contributed by atoms with Crippen molar-refractivity contribution in [2.24, 2.45) is 0 Å². The molecule has 0 radical (unpaired) electrons. The van der Waals surface area contributed by atoms with Gasteiger partial charge >= 0.3 is 0 Å². The minimum Gasteiger partial charge on any atom is -0.396 e. The van der Waals surface area contributed by atoms with Crippen LogP contribution < -0.4 is 5.32 Å². The van der Waals surface area contributed by atoms with Gasteiger partial charge in [0.05, 0.1) is 21.2 Å². The number of aliphatic hydroxyl groups is 1. The number of aliphatic hydroxyl groups excluding tert-OH is 1. The molecule has 0 aliphatic carbocycles. The molecule has 0 saturated carbocycles. The molecule has 114 valence electrons. The van der Waals surface area contributed by atoms with E-state index >= 15 is 0 Å². The van der Waals surface area contributed by atoms with E-state index in [9.17, 15) is 15.2 Å². The van der Waals surface area contributed by atoms with Crippen molar-refractivity contribution in [3.05, 3.63) is 50.7 Å². The first-order valence-corrected chi connectivity index (χ1v) is 8.33. The molecule has 1 atom stereocenters. The lowest BCUT2D eigenvalue weighted by molar-refractivity contribution is -0.384. The second-order valence-electron chi connectivity index (χ2n) is 4.65. The van der Waals surface area contributed by atoms with E-state index < -0.39 is 4.92 Å². The summed E-state index contributed by atoms with van der Waals surface area (Å²) in [6, 6.07) is 8.60. The number of nitro benzene ring substituents is 1. The summed E-state index contributed by atoms with van der Waals surface area (Å²) in [5, 5.41) is 26.0. The Balaban J connectivity index is 1.87. The van der Waals surface area contributed by atoms with Crippen molar-refractivity contribution in [3.8, 4) is 0 Å². The standard InChI is InChI=1S/C14H13N3O3S2/c18-6-5-11(12-2-1-7-21-12)16-14-15-10-4-3-9(17(19)20)8-13(10)22-14/h1-4,7-8,11,18H,5-6H2,(H,15,16)/t11-/m1/s1. The summed E-state index contributed by atoms with van der Waals surface area (Å²) in [5.41, 5.74) is 0.792. The number of anilines is 1. The lowest BCUT2D eigenvalue weighted by Crippen LogP contribution is -2.10. The number of aromatic nitrogens is 1. The van der Waals surface area contributed by atoms with E-state index in [1.54, 1.807) is 17.4 Å². The lowest BCUT2D eigenvalue weighted by Gasteiger charge is -2.15. The van der Waals surface area contributed by atoms with Crippen LogP contribution in [0.4, 0.5) is 10.8 Å². The molecule has 2 N–H and O–H groups in total. The maximum atomic E-state index is 10.8. The average Bonchev–Trinajstić information content (AvgIpc) is 3.15. The topological polar surface area (TPSA) is 88.3 Å². The molecule has 0 bridgehead atoms. The summed E-state index contributed by atoms with van der Waals surface area (Å²) < 4.78 is 0.769. The van der Waals surface area contributed by atoms with Crippen molar-refractivity contribution < 1.29 is 10.0 Å². The fraction of sp³-hybridized carbons (Fsp3) is 0.214. The normalized spacial score (nSPS) is 12.4. The van der Waals surface area contributed by atoms with Gasteiger partial charge in [-0.15, -0.1) is 11.3 Å². The summed E-state index contributed by atoms with van der Waals surface area (Å²) in [6.07, 6.45) is 0.580. The largest absolute Gasteiger partial charge is 0.396 e. The van der Waals surface area contributed by atoms with Gasteiger partial charge < -0.3 is 10.4 Å². The van der Waals surface area contributed by atoms with Gasteiger partial charge in [0.2, 0.25) is 0 Å². The van der Waals surface area contributed by atoms with Crippen molar-refractivity contribution in [1.82, 2.24) is 4.98 Å². The van der Waals surface area contributed by atoms with E-state index in [1.165, 1.54) is 23.5 Å². The number of hydrogen-bond donors (Lipinski definition) is 2. The van der Waals surface area contributed by atoms with Gasteiger partial charge in [0.1, 0.15) is 0 Å². The fourth-order valence-electron chi connectivity index (χ4n) is 2.14. The number of nitrogens with zero attached hydrogens (tertiary/aromatic N) is 2. The van der Waals surface area contributed by atoms with Crippen LogP contribution >= 0.6 is 22.7 Å². The van der Waals surface area contributed by atoms with Crippen LogP contribution in [0.25, 0.3) is 10.2 Å². The summed E-state index contributed by atoms with van der Waals surface area (Å²) >= 11 is 2.99. The molecule has 0 fully saturated rings. The van der Waals surface area contributed by atoms with Crippen LogP contribution in [0.5, 0.6) is 0 Å². The molecule has 3 aromatic rings. The Morgan fingerprint density at radius 2 is 2.27 bits per heavy atom. The molecular weight excluding hydrogens is 322 g/mol. The SMILES string of the molecule is O=[N+]([O-])c1ccc2nc(N[C@H](CCO)c3cccs3)sc2c1. The van der Waals surface area contributed by atoms with Crippen molar-refractivity contribution >= 4 is 43.7 Å². The van der Waals surface area contributed by atoms with E-state index in [0.29, 0.717) is 11.6 Å². The Hall–Kier alpha value is -2.03. The van der Waals surface area contributed by atoms with Crippen LogP contribution in [0.2, 0.25) is 0 Å². The first-order valence-electron chi connectivity index (χ1n) is 6.63. The van der Waals surface area contributed by atoms with Gasteiger partial charge in [-0.2, -0.15) is 0 Å². The number of nitro groups is 1. The molecule has 0 spiro atoms. The van der Waals surface area contributed by atoms with Crippen LogP contribution in [-0.4, -0.2) is 21.6 Å². The van der Waals surface area contributed by atoms with E-state index in [-0.39, 0.29) is 18.3 Å². The number of hydrogen-bond acceptors (Lipinski definition) is 7. The molecule has 2 heterocycles. The van der Waals surface area contributed by atoms with Crippen LogP contribution in [0, 0.1) is 10.1 Å². The molecule has 2 aromatic heterocycles. The Morgan fingerprint density at radius 1 is 1.41 bits per heavy atom. The molecule has 0 aliphatic rings. The molecule has 0 saturated heterocycles. The maximum Gasteiger partial charge on any atom is 0.270 e. The van der Waals surface area contributed by atoms with Crippen molar-refractivity contribution in [3.63, 3.8) is 0 Å². The fourth-order valence-corrected chi connectivity index (χ4v) is 3.91. The Kier molecular flexibility index (Phi) is 4.32. The third-order valence-electron chi connectivity index (χ3n) is 3.18. The number of thiazole rings is 1. The average molecular weight is 335 g/mol. The molecular formula is C14H13N3O3S2. The van der Waals surface area contributed by atoms with Crippen LogP contribution in [0.1, 0.15) is 17.3 Å². The predicted octanol–water partition coefficient (Wildman–Crippen LogP) is 3.80. The highest BCUT2D eigenvalue weighted by Gasteiger charge is 2.15. The molecule has 8 heteroatoms. The summed E-state index contributed by atoms with van der Waals surface area (Å²) in [7, 11) is 0. The number of fused-ring (bicyclic) bond motifs is 1. The Labute approximate surface area is 134 Å². The highest BCUT2D eigenvalue weighted by Crippen LogP contribution is 2.33. The highest BCUT2D eigenvalue weighted by molar-refractivity contribution is 7.22. The van der Waals surface area contributed by atoms with Crippen LogP contribution in [-0.2, 0) is 0 Å². The second-order valence-corrected chi connectivity index (χ2v) is 6.66. The zero-order valence-electron chi connectivity index (χ0n) is 11.4. The van der Waals surface area contributed by atoms with E-state index in [2.05, 4.69) is 10.3 Å². The molecule has 0 amide bonds. The highest BCUT2D eigenvalue weighted by atomic mass is 32.1. The zero-order valence-corrected chi connectivity index (χ0v) is 13.1. The lowest BCUT2D eigenvalue weighted by atomic mass is 10.2. The summed E-state index contributed by atoms with van der Waals surface area (Å²) in [5.74, 6) is 0. The second kappa shape index (κ2) is 6.39. The number of rotatable bonds is 6. The van der Waals surface area contributed by atoms with Gasteiger partial charge in [0.25, 0.3) is 5.69 Å². The van der Waals surface area contributed by atoms with Gasteiger partial charge in [0.15, 0.2) is 5.13 Å². The van der Waals surface area contributed by atoms with E-state index in [1.807, 2.05) is 17.5 Å². The molecule has 22 heavy (non-hydrogen) atoms. The van der Waals surface area contributed by atoms with Gasteiger partial charge in [0, 0.05) is 23.6 Å². The molecule has 0 unspecified atom stereocenters. The van der Waals surface area contributed by atoms with Crippen LogP contribution in [0.15, 0.2) is 35.7 Å². The van der Waals surface area contributed by atoms with Gasteiger partial charge in [-0.05, 0) is 23.9 Å². The quantitative estimate of drug-likeness (QED) is 0.528. The van der Waals surface area contributed by atoms with E-state index in [0.717, 1.165) is 15.1 Å². The zero-order chi connectivity index (χ0) is 15.5. The minimum absolute atomic E-state index is 0.0134. The number of non-ortho nitro benzene ring substituents is 1. The molecule has 1 aromatic carbocycles. The number of benzene rings is 1. The maximum absolute atomic E-state index is 10.8. The summed E-state index contributed by atoms with van der Waals surface area (Å²) in [6.45, 7) is 0.0753. The first-order chi connectivity index (χ1) is 10.7. The third kappa shape index (κ3) is 3.08.